The van der Waals surface area contributed by atoms with Gasteiger partial charge in [0.1, 0.15) is 6.79 Å². The normalized spacial score (nSPS) is 12.7. The largest absolute Gasteiger partial charge is 0.469 e. The van der Waals surface area contributed by atoms with Crippen molar-refractivity contribution in [2.24, 2.45) is 11.8 Å². The Balaban J connectivity index is 0. The van der Waals surface area contributed by atoms with Crippen LogP contribution in [0, 0.1) is 11.8 Å². The molecule has 1 N–H and O–H groups in total. The Kier molecular flexibility index (Phi) is 16.0. The Morgan fingerprint density at radius 3 is 1.81 bits per heavy atom. The maximum atomic E-state index is 10.9. The molecule has 0 aliphatic heterocycles. The van der Waals surface area contributed by atoms with E-state index in [2.05, 4.69) is 14.2 Å². The van der Waals surface area contributed by atoms with Crippen LogP contribution in [0.15, 0.2) is 0 Å². The molecule has 0 heterocycles. The molecule has 0 amide bonds. The molecule has 0 aromatic carbocycles. The topological polar surface area (TPSA) is 91.3 Å². The van der Waals surface area contributed by atoms with Gasteiger partial charge in [0.15, 0.2) is 0 Å². The smallest absolute Gasteiger partial charge is 0.308 e. The second-order valence-electron chi connectivity index (χ2n) is 4.46. The van der Waals surface area contributed by atoms with Gasteiger partial charge in [-0.25, -0.2) is 0 Å². The van der Waals surface area contributed by atoms with E-state index >= 15 is 0 Å². The summed E-state index contributed by atoms with van der Waals surface area (Å²) < 4.78 is 18.6. The van der Waals surface area contributed by atoms with Gasteiger partial charge in [0.25, 0.3) is 0 Å². The molecule has 0 saturated heterocycles. The maximum Gasteiger partial charge on any atom is 0.308 e. The zero-order valence-electron chi connectivity index (χ0n) is 13.6. The van der Waals surface area contributed by atoms with Crippen LogP contribution in [0.5, 0.6) is 0 Å². The van der Waals surface area contributed by atoms with Crippen molar-refractivity contribution in [1.82, 2.24) is 0 Å². The van der Waals surface area contributed by atoms with E-state index < -0.39 is 0 Å². The molecule has 126 valence electrons. The summed E-state index contributed by atoms with van der Waals surface area (Å²) in [5.74, 6) is -0.744. The van der Waals surface area contributed by atoms with Crippen LogP contribution in [0.2, 0.25) is 0 Å². The number of rotatable bonds is 9. The van der Waals surface area contributed by atoms with Crippen molar-refractivity contribution >= 4 is 11.9 Å². The van der Waals surface area contributed by atoms with Gasteiger partial charge in [-0.3, -0.25) is 9.59 Å². The van der Waals surface area contributed by atoms with Crippen LogP contribution in [0.4, 0.5) is 0 Å². The fraction of sp³-hybridized carbons (Fsp3) is 0.857. The van der Waals surface area contributed by atoms with E-state index in [-0.39, 0.29) is 37.2 Å². The Hall–Kier alpha value is -1.18. The van der Waals surface area contributed by atoms with Crippen LogP contribution in [-0.2, 0) is 28.5 Å². The highest BCUT2D eigenvalue weighted by atomic mass is 16.7. The molecular weight excluding hydrogens is 280 g/mol. The highest BCUT2D eigenvalue weighted by Gasteiger charge is 2.12. The third-order valence-corrected chi connectivity index (χ3v) is 2.67. The van der Waals surface area contributed by atoms with Crippen LogP contribution in [0.25, 0.3) is 0 Å². The summed E-state index contributed by atoms with van der Waals surface area (Å²) in [6.45, 7) is 4.36. The number of aliphatic hydroxyl groups excluding tert-OH is 1. The Bertz CT molecular complexity index is 268. The lowest BCUT2D eigenvalue weighted by Crippen LogP contribution is -2.15. The second kappa shape index (κ2) is 15.2. The fourth-order valence-electron chi connectivity index (χ4n) is 1.23. The summed E-state index contributed by atoms with van der Waals surface area (Å²) in [6.07, 6.45) is 1.14. The first kappa shape index (κ1) is 22.1. The van der Waals surface area contributed by atoms with E-state index in [1.807, 2.05) is 6.92 Å². The van der Waals surface area contributed by atoms with Gasteiger partial charge in [0.2, 0.25) is 0 Å². The van der Waals surface area contributed by atoms with Crippen molar-refractivity contribution in [2.75, 3.05) is 41.3 Å². The molecule has 7 nitrogen and oxygen atoms in total. The molecular formula is C14H28O7. The SMILES string of the molecule is COC(=O)[C@@H](C)CCO.COCOCC[C@H](C)C(=O)OC. The molecule has 21 heavy (non-hydrogen) atoms. The Labute approximate surface area is 126 Å². The number of aliphatic hydroxyl groups is 1. The standard InChI is InChI=1S/C8H16O4.C6H12O3/c1-7(8(9)11-3)4-5-12-6-10-2;1-5(3-4-7)6(8)9-2/h7H,4-6H2,1-3H3;5,7H,3-4H2,1-2H3/t7-;5-/m00/s1. The molecule has 0 fully saturated rings. The molecule has 0 bridgehead atoms. The van der Waals surface area contributed by atoms with E-state index in [4.69, 9.17) is 9.84 Å². The molecule has 0 saturated carbocycles. The molecule has 0 unspecified atom stereocenters. The average Bonchev–Trinajstić information content (AvgIpc) is 2.50. The number of hydrogen-bond donors (Lipinski definition) is 1. The second-order valence-corrected chi connectivity index (χ2v) is 4.46. The molecule has 0 aromatic rings. The van der Waals surface area contributed by atoms with Gasteiger partial charge >= 0.3 is 11.9 Å². The zero-order valence-corrected chi connectivity index (χ0v) is 13.6. The van der Waals surface area contributed by atoms with Crippen molar-refractivity contribution in [2.45, 2.75) is 26.7 Å². The zero-order chi connectivity index (χ0) is 16.7. The number of carbonyl (C=O) groups is 2. The number of methoxy groups -OCH3 is 3. The summed E-state index contributed by atoms with van der Waals surface area (Å²) in [7, 11) is 4.29. The summed E-state index contributed by atoms with van der Waals surface area (Å²) >= 11 is 0. The van der Waals surface area contributed by atoms with Crippen LogP contribution in [-0.4, -0.2) is 58.4 Å². The van der Waals surface area contributed by atoms with Crippen LogP contribution >= 0.6 is 0 Å². The van der Waals surface area contributed by atoms with Gasteiger partial charge in [-0.2, -0.15) is 0 Å². The first-order valence-corrected chi connectivity index (χ1v) is 6.77. The fourth-order valence-corrected chi connectivity index (χ4v) is 1.23. The van der Waals surface area contributed by atoms with Gasteiger partial charge in [-0.15, -0.1) is 0 Å². The molecule has 0 rings (SSSR count). The third-order valence-electron chi connectivity index (χ3n) is 2.67. The summed E-state index contributed by atoms with van der Waals surface area (Å²) in [5.41, 5.74) is 0. The Morgan fingerprint density at radius 1 is 0.952 bits per heavy atom. The minimum atomic E-state index is -0.260. The average molecular weight is 308 g/mol. The van der Waals surface area contributed by atoms with Gasteiger partial charge in [-0.05, 0) is 12.8 Å². The minimum Gasteiger partial charge on any atom is -0.469 e. The highest BCUT2D eigenvalue weighted by Crippen LogP contribution is 2.03. The van der Waals surface area contributed by atoms with Crippen LogP contribution in [0.3, 0.4) is 0 Å². The monoisotopic (exact) mass is 308 g/mol. The van der Waals surface area contributed by atoms with Crippen LogP contribution in [0.1, 0.15) is 26.7 Å². The predicted molar refractivity (Wildman–Crippen MR) is 76.5 cm³/mol. The van der Waals surface area contributed by atoms with Crippen molar-refractivity contribution in [3.63, 3.8) is 0 Å². The predicted octanol–water partition coefficient (Wildman–Crippen LogP) is 0.984. The number of carbonyl (C=O) groups excluding carboxylic acids is 2. The maximum absolute atomic E-state index is 10.9. The van der Waals surface area contributed by atoms with E-state index in [1.54, 1.807) is 14.0 Å². The molecule has 0 radical (unpaired) electrons. The third kappa shape index (κ3) is 13.6. The van der Waals surface area contributed by atoms with E-state index in [0.29, 0.717) is 19.4 Å². The minimum absolute atomic E-state index is 0.0380. The number of ether oxygens (including phenoxy) is 4. The van der Waals surface area contributed by atoms with E-state index in [1.165, 1.54) is 14.2 Å². The first-order valence-electron chi connectivity index (χ1n) is 6.77. The Morgan fingerprint density at radius 2 is 1.43 bits per heavy atom. The lowest BCUT2D eigenvalue weighted by Gasteiger charge is -2.08. The molecule has 2 atom stereocenters. The molecule has 0 aliphatic rings. The lowest BCUT2D eigenvalue weighted by molar-refractivity contribution is -0.146. The highest BCUT2D eigenvalue weighted by molar-refractivity contribution is 5.72. The van der Waals surface area contributed by atoms with Crippen molar-refractivity contribution in [3.05, 3.63) is 0 Å². The molecule has 7 heteroatoms. The van der Waals surface area contributed by atoms with Crippen LogP contribution < -0.4 is 0 Å². The number of esters is 2. The van der Waals surface area contributed by atoms with Crippen molar-refractivity contribution in [3.8, 4) is 0 Å². The van der Waals surface area contributed by atoms with Crippen molar-refractivity contribution < 1.29 is 33.6 Å². The van der Waals surface area contributed by atoms with Gasteiger partial charge in [-0.1, -0.05) is 13.8 Å². The number of hydrogen-bond acceptors (Lipinski definition) is 7. The van der Waals surface area contributed by atoms with E-state index in [0.717, 1.165) is 0 Å². The van der Waals surface area contributed by atoms with E-state index in [9.17, 15) is 9.59 Å². The molecule has 0 spiro atoms. The first-order chi connectivity index (χ1) is 9.94. The summed E-state index contributed by atoms with van der Waals surface area (Å²) in [6, 6.07) is 0. The lowest BCUT2D eigenvalue weighted by atomic mass is 10.1. The summed E-state index contributed by atoms with van der Waals surface area (Å²) in [4.78, 5) is 21.4. The summed E-state index contributed by atoms with van der Waals surface area (Å²) in [5, 5.41) is 8.37. The van der Waals surface area contributed by atoms with Gasteiger partial charge in [0.05, 0.1) is 32.7 Å². The van der Waals surface area contributed by atoms with Crippen molar-refractivity contribution in [1.29, 1.82) is 0 Å². The molecule has 0 aliphatic carbocycles. The van der Waals surface area contributed by atoms with Gasteiger partial charge < -0.3 is 24.1 Å². The molecule has 0 aromatic heterocycles. The quantitative estimate of drug-likeness (QED) is 0.386. The van der Waals surface area contributed by atoms with Gasteiger partial charge in [0, 0.05) is 13.7 Å².